The van der Waals surface area contributed by atoms with Crippen LogP contribution in [0.1, 0.15) is 22.7 Å². The summed E-state index contributed by atoms with van der Waals surface area (Å²) >= 11 is 1.73. The highest BCUT2D eigenvalue weighted by Crippen LogP contribution is 2.23. The van der Waals surface area contributed by atoms with Gasteiger partial charge in [-0.05, 0) is 32.2 Å². The molecule has 4 rings (SSSR count). The van der Waals surface area contributed by atoms with E-state index < -0.39 is 0 Å². The third kappa shape index (κ3) is 3.52. The minimum absolute atomic E-state index is 0.640. The molecule has 7 heteroatoms. The van der Waals surface area contributed by atoms with Gasteiger partial charge in [-0.1, -0.05) is 0 Å². The normalized spacial score (nSPS) is 18.3. The monoisotopic (exact) mass is 340 g/mol. The molecule has 24 heavy (non-hydrogen) atoms. The highest BCUT2D eigenvalue weighted by atomic mass is 32.1. The number of rotatable bonds is 5. The second-order valence-electron chi connectivity index (χ2n) is 6.37. The molecule has 3 aromatic heterocycles. The van der Waals surface area contributed by atoms with Crippen LogP contribution in [-0.2, 0) is 13.0 Å². The van der Waals surface area contributed by atoms with Crippen molar-refractivity contribution < 1.29 is 0 Å². The van der Waals surface area contributed by atoms with Gasteiger partial charge >= 0.3 is 0 Å². The van der Waals surface area contributed by atoms with E-state index in [1.54, 1.807) is 17.5 Å². The second-order valence-corrected chi connectivity index (χ2v) is 7.34. The summed E-state index contributed by atoms with van der Waals surface area (Å²) in [6.07, 6.45) is 9.62. The molecule has 0 radical (unpaired) electrons. The molecule has 1 aliphatic rings. The third-order valence-corrected chi connectivity index (χ3v) is 5.13. The zero-order valence-electron chi connectivity index (χ0n) is 13.6. The number of H-pyrrole nitrogens is 1. The van der Waals surface area contributed by atoms with Gasteiger partial charge in [0.1, 0.15) is 5.69 Å². The molecule has 0 saturated carbocycles. The molecule has 1 fully saturated rings. The van der Waals surface area contributed by atoms with Crippen LogP contribution in [0.2, 0.25) is 0 Å². The fraction of sp³-hybridized carbons (Fsp3) is 0.412. The summed E-state index contributed by atoms with van der Waals surface area (Å²) in [5, 5.41) is 0. The molecule has 0 aromatic carbocycles. The van der Waals surface area contributed by atoms with Crippen molar-refractivity contribution in [3.63, 3.8) is 0 Å². The maximum atomic E-state index is 4.74. The standard InChI is InChI=1S/C17H20N6S/c1-12-5-20-17(21-12)16-8-18-6-14(22-16)4-13-2-3-23(9-13)10-15-7-19-11-24-15/h5-8,11,13H,2-4,9-10H2,1H3,(H,20,21)/t13-/m1/s1. The number of hydrogen-bond donors (Lipinski definition) is 1. The topological polar surface area (TPSA) is 70.6 Å². The SMILES string of the molecule is Cc1cnc(-c2cncc(C[C@H]3CCN(Cc4cncs4)C3)n2)[nH]1. The fourth-order valence-corrected chi connectivity index (χ4v) is 3.86. The quantitative estimate of drug-likeness (QED) is 0.773. The van der Waals surface area contributed by atoms with Gasteiger partial charge in [0.2, 0.25) is 0 Å². The number of nitrogens with one attached hydrogen (secondary N) is 1. The minimum atomic E-state index is 0.640. The van der Waals surface area contributed by atoms with Gasteiger partial charge in [0.15, 0.2) is 5.82 Å². The Hall–Kier alpha value is -2.12. The van der Waals surface area contributed by atoms with E-state index in [1.165, 1.54) is 11.3 Å². The summed E-state index contributed by atoms with van der Waals surface area (Å²) in [5.74, 6) is 1.43. The molecule has 0 bridgehead atoms. The van der Waals surface area contributed by atoms with Gasteiger partial charge in [-0.2, -0.15) is 0 Å². The van der Waals surface area contributed by atoms with Crippen LogP contribution in [0, 0.1) is 12.8 Å². The van der Waals surface area contributed by atoms with E-state index in [2.05, 4.69) is 24.8 Å². The van der Waals surface area contributed by atoms with E-state index in [0.29, 0.717) is 5.92 Å². The average Bonchev–Trinajstić information content (AvgIpc) is 3.31. The summed E-state index contributed by atoms with van der Waals surface area (Å²) in [7, 11) is 0. The van der Waals surface area contributed by atoms with Gasteiger partial charge in [0.25, 0.3) is 0 Å². The highest BCUT2D eigenvalue weighted by molar-refractivity contribution is 7.09. The number of likely N-dealkylation sites (tertiary alicyclic amines) is 1. The molecule has 0 unspecified atom stereocenters. The molecule has 1 N–H and O–H groups in total. The summed E-state index contributed by atoms with van der Waals surface area (Å²) in [5.41, 5.74) is 4.80. The first-order valence-corrected chi connectivity index (χ1v) is 9.07. The van der Waals surface area contributed by atoms with Crippen molar-refractivity contribution in [2.75, 3.05) is 13.1 Å². The van der Waals surface area contributed by atoms with Gasteiger partial charge in [0.05, 0.1) is 17.4 Å². The molecular formula is C17H20N6S. The molecule has 6 nitrogen and oxygen atoms in total. The van der Waals surface area contributed by atoms with E-state index >= 15 is 0 Å². The minimum Gasteiger partial charge on any atom is -0.341 e. The first-order chi connectivity index (χ1) is 11.8. The Bertz CT molecular complexity index is 797. The zero-order chi connectivity index (χ0) is 16.4. The molecule has 0 aliphatic carbocycles. The molecule has 1 saturated heterocycles. The Morgan fingerprint density at radius 1 is 1.25 bits per heavy atom. The van der Waals surface area contributed by atoms with Crippen LogP contribution in [0.5, 0.6) is 0 Å². The molecule has 4 heterocycles. The van der Waals surface area contributed by atoms with Gasteiger partial charge < -0.3 is 4.98 Å². The van der Waals surface area contributed by atoms with E-state index in [0.717, 1.165) is 49.0 Å². The van der Waals surface area contributed by atoms with Crippen molar-refractivity contribution in [2.45, 2.75) is 26.3 Å². The first kappa shape index (κ1) is 15.4. The Morgan fingerprint density at radius 3 is 3.00 bits per heavy atom. The van der Waals surface area contributed by atoms with Gasteiger partial charge in [0, 0.05) is 42.3 Å². The number of aryl methyl sites for hydroxylation is 1. The fourth-order valence-electron chi connectivity index (χ4n) is 3.22. The average molecular weight is 340 g/mol. The van der Waals surface area contributed by atoms with Crippen molar-refractivity contribution >= 4 is 11.3 Å². The third-order valence-electron chi connectivity index (χ3n) is 4.36. The number of aromatic amines is 1. The summed E-state index contributed by atoms with van der Waals surface area (Å²) in [6.45, 7) is 5.26. The van der Waals surface area contributed by atoms with Crippen LogP contribution in [0.4, 0.5) is 0 Å². The summed E-state index contributed by atoms with van der Waals surface area (Å²) in [6, 6.07) is 0. The van der Waals surface area contributed by atoms with Crippen LogP contribution in [0.25, 0.3) is 11.5 Å². The van der Waals surface area contributed by atoms with Crippen molar-refractivity contribution in [1.82, 2.24) is 29.8 Å². The van der Waals surface area contributed by atoms with Crippen molar-refractivity contribution in [2.24, 2.45) is 5.92 Å². The largest absolute Gasteiger partial charge is 0.341 e. The smallest absolute Gasteiger partial charge is 0.157 e. The van der Waals surface area contributed by atoms with Crippen LogP contribution < -0.4 is 0 Å². The number of hydrogen-bond acceptors (Lipinski definition) is 6. The van der Waals surface area contributed by atoms with E-state index in [4.69, 9.17) is 4.98 Å². The predicted octanol–water partition coefficient (Wildman–Crippen LogP) is 2.70. The van der Waals surface area contributed by atoms with E-state index in [1.807, 2.05) is 31.0 Å². The van der Waals surface area contributed by atoms with Crippen LogP contribution in [-0.4, -0.2) is 42.9 Å². The maximum absolute atomic E-state index is 4.74. The Kier molecular flexibility index (Phi) is 4.36. The van der Waals surface area contributed by atoms with Crippen LogP contribution in [0.15, 0.2) is 30.3 Å². The van der Waals surface area contributed by atoms with Crippen LogP contribution in [0.3, 0.4) is 0 Å². The maximum Gasteiger partial charge on any atom is 0.157 e. The Morgan fingerprint density at radius 2 is 2.21 bits per heavy atom. The lowest BCUT2D eigenvalue weighted by atomic mass is 10.0. The van der Waals surface area contributed by atoms with Gasteiger partial charge in [-0.25, -0.2) is 9.97 Å². The Balaban J connectivity index is 1.39. The summed E-state index contributed by atoms with van der Waals surface area (Å²) < 4.78 is 0. The molecule has 0 amide bonds. The molecular weight excluding hydrogens is 320 g/mol. The highest BCUT2D eigenvalue weighted by Gasteiger charge is 2.23. The molecule has 3 aromatic rings. The van der Waals surface area contributed by atoms with Crippen molar-refractivity contribution in [3.05, 3.63) is 46.6 Å². The van der Waals surface area contributed by atoms with Crippen molar-refractivity contribution in [3.8, 4) is 11.5 Å². The second kappa shape index (κ2) is 6.78. The Labute approximate surface area is 145 Å². The molecule has 124 valence electrons. The first-order valence-electron chi connectivity index (χ1n) is 8.19. The van der Waals surface area contributed by atoms with Crippen LogP contribution >= 0.6 is 11.3 Å². The van der Waals surface area contributed by atoms with Crippen molar-refractivity contribution in [1.29, 1.82) is 0 Å². The number of aromatic nitrogens is 5. The number of nitrogens with zero attached hydrogens (tertiary/aromatic N) is 5. The molecule has 1 aliphatic heterocycles. The zero-order valence-corrected chi connectivity index (χ0v) is 14.5. The van der Waals surface area contributed by atoms with Gasteiger partial charge in [-0.15, -0.1) is 11.3 Å². The lowest BCUT2D eigenvalue weighted by molar-refractivity contribution is 0.318. The lowest BCUT2D eigenvalue weighted by Gasteiger charge is -2.14. The van der Waals surface area contributed by atoms with E-state index in [-0.39, 0.29) is 0 Å². The lowest BCUT2D eigenvalue weighted by Crippen LogP contribution is -2.20. The number of thiazole rings is 1. The molecule has 0 spiro atoms. The molecule has 1 atom stereocenters. The number of imidazole rings is 1. The predicted molar refractivity (Wildman–Crippen MR) is 93.6 cm³/mol. The van der Waals surface area contributed by atoms with Gasteiger partial charge in [-0.3, -0.25) is 14.9 Å². The van der Waals surface area contributed by atoms with E-state index in [9.17, 15) is 0 Å². The summed E-state index contributed by atoms with van der Waals surface area (Å²) in [4.78, 5) is 24.6.